The predicted octanol–water partition coefficient (Wildman–Crippen LogP) is 3.14. The second-order valence-corrected chi connectivity index (χ2v) is 3.91. The molecule has 2 rings (SSSR count). The van der Waals surface area contributed by atoms with Crippen molar-refractivity contribution in [3.63, 3.8) is 0 Å². The summed E-state index contributed by atoms with van der Waals surface area (Å²) in [7, 11) is 0. The molecule has 0 saturated heterocycles. The lowest BCUT2D eigenvalue weighted by Gasteiger charge is -2.03. The quantitative estimate of drug-likeness (QED) is 0.877. The Morgan fingerprint density at radius 1 is 1.27 bits per heavy atom. The van der Waals surface area contributed by atoms with Crippen molar-refractivity contribution in [1.82, 2.24) is 4.98 Å². The van der Waals surface area contributed by atoms with E-state index in [0.29, 0.717) is 5.69 Å². The van der Waals surface area contributed by atoms with Crippen molar-refractivity contribution in [2.45, 2.75) is 0 Å². The van der Waals surface area contributed by atoms with Crippen molar-refractivity contribution < 1.29 is 9.90 Å². The Kier molecular flexibility index (Phi) is 2.60. The molecule has 0 radical (unpaired) electrons. The van der Waals surface area contributed by atoms with Crippen molar-refractivity contribution >= 4 is 21.9 Å². The first-order valence-corrected chi connectivity index (χ1v) is 5.15. The Morgan fingerprint density at radius 3 is 2.67 bits per heavy atom. The van der Waals surface area contributed by atoms with Gasteiger partial charge in [0.2, 0.25) is 0 Å². The molecule has 0 aliphatic rings. The monoisotopic (exact) mass is 265 g/mol. The molecule has 0 amide bonds. The van der Waals surface area contributed by atoms with Crippen LogP contribution in [0.3, 0.4) is 0 Å². The van der Waals surface area contributed by atoms with Gasteiger partial charge in [0.05, 0.1) is 11.3 Å². The van der Waals surface area contributed by atoms with Crippen LogP contribution in [0.25, 0.3) is 11.3 Å². The Balaban J connectivity index is 2.59. The molecular formula is C11H8BrNO2. The maximum absolute atomic E-state index is 10.9. The smallest absolute Gasteiger partial charge is 0.337 e. The third-order valence-corrected chi connectivity index (χ3v) is 2.81. The maximum atomic E-state index is 10.9. The summed E-state index contributed by atoms with van der Waals surface area (Å²) in [4.78, 5) is 13.9. The van der Waals surface area contributed by atoms with Gasteiger partial charge in [-0.25, -0.2) is 4.79 Å². The van der Waals surface area contributed by atoms with Crippen LogP contribution < -0.4 is 0 Å². The molecule has 0 unspecified atom stereocenters. The lowest BCUT2D eigenvalue weighted by Crippen LogP contribution is -1.96. The van der Waals surface area contributed by atoms with Crippen molar-refractivity contribution in [1.29, 1.82) is 0 Å². The largest absolute Gasteiger partial charge is 0.478 e. The SMILES string of the molecule is O=C(O)c1cc[nH]c1-c1ccccc1Br. The van der Waals surface area contributed by atoms with Gasteiger partial charge in [-0.3, -0.25) is 0 Å². The highest BCUT2D eigenvalue weighted by Gasteiger charge is 2.13. The number of hydrogen-bond donors (Lipinski definition) is 2. The lowest BCUT2D eigenvalue weighted by molar-refractivity contribution is 0.0698. The number of aromatic amines is 1. The maximum Gasteiger partial charge on any atom is 0.337 e. The van der Waals surface area contributed by atoms with Crippen LogP contribution in [0.1, 0.15) is 10.4 Å². The van der Waals surface area contributed by atoms with Crippen molar-refractivity contribution in [3.05, 3.63) is 46.6 Å². The van der Waals surface area contributed by atoms with Crippen LogP contribution in [0.15, 0.2) is 41.0 Å². The molecule has 4 heteroatoms. The van der Waals surface area contributed by atoms with Gasteiger partial charge < -0.3 is 10.1 Å². The van der Waals surface area contributed by atoms with E-state index in [1.165, 1.54) is 0 Å². The fraction of sp³-hybridized carbons (Fsp3) is 0. The van der Waals surface area contributed by atoms with Gasteiger partial charge in [0, 0.05) is 16.2 Å². The van der Waals surface area contributed by atoms with Crippen LogP contribution in [0.4, 0.5) is 0 Å². The van der Waals surface area contributed by atoms with E-state index in [1.54, 1.807) is 12.3 Å². The molecule has 3 nitrogen and oxygen atoms in total. The van der Waals surface area contributed by atoms with Gasteiger partial charge in [-0.05, 0) is 12.1 Å². The van der Waals surface area contributed by atoms with Gasteiger partial charge in [-0.1, -0.05) is 34.1 Å². The van der Waals surface area contributed by atoms with Gasteiger partial charge in [0.25, 0.3) is 0 Å². The first-order valence-electron chi connectivity index (χ1n) is 4.35. The molecule has 15 heavy (non-hydrogen) atoms. The first-order chi connectivity index (χ1) is 7.20. The van der Waals surface area contributed by atoms with Gasteiger partial charge in [0.1, 0.15) is 0 Å². The molecule has 0 bridgehead atoms. The Hall–Kier alpha value is -1.55. The number of rotatable bonds is 2. The molecule has 1 aromatic carbocycles. The normalized spacial score (nSPS) is 10.2. The number of carboxylic acids is 1. The lowest BCUT2D eigenvalue weighted by atomic mass is 10.1. The summed E-state index contributed by atoms with van der Waals surface area (Å²) in [5.74, 6) is -0.929. The second kappa shape index (κ2) is 3.90. The molecule has 1 heterocycles. The van der Waals surface area contributed by atoms with Crippen LogP contribution in [-0.4, -0.2) is 16.1 Å². The summed E-state index contributed by atoms with van der Waals surface area (Å²) >= 11 is 3.39. The van der Waals surface area contributed by atoms with Crippen LogP contribution in [0.2, 0.25) is 0 Å². The molecular weight excluding hydrogens is 258 g/mol. The first kappa shape index (κ1) is 9.98. The average molecular weight is 266 g/mol. The van der Waals surface area contributed by atoms with E-state index in [0.717, 1.165) is 10.0 Å². The highest BCUT2D eigenvalue weighted by Crippen LogP contribution is 2.29. The van der Waals surface area contributed by atoms with Crippen LogP contribution in [-0.2, 0) is 0 Å². The van der Waals surface area contributed by atoms with Crippen LogP contribution >= 0.6 is 15.9 Å². The van der Waals surface area contributed by atoms with E-state index in [1.807, 2.05) is 24.3 Å². The molecule has 2 aromatic rings. The number of nitrogens with one attached hydrogen (secondary N) is 1. The van der Waals surface area contributed by atoms with Gasteiger partial charge >= 0.3 is 5.97 Å². The summed E-state index contributed by atoms with van der Waals surface area (Å²) in [6, 6.07) is 9.05. The molecule has 2 N–H and O–H groups in total. The number of hydrogen-bond acceptors (Lipinski definition) is 1. The van der Waals surface area contributed by atoms with Gasteiger partial charge in [-0.2, -0.15) is 0 Å². The Labute approximate surface area is 94.9 Å². The number of benzene rings is 1. The molecule has 1 aromatic heterocycles. The van der Waals surface area contributed by atoms with Gasteiger partial charge in [0.15, 0.2) is 0 Å². The number of carboxylic acid groups (broad SMARTS) is 1. The van der Waals surface area contributed by atoms with Crippen molar-refractivity contribution in [2.24, 2.45) is 0 Å². The highest BCUT2D eigenvalue weighted by molar-refractivity contribution is 9.10. The predicted molar refractivity (Wildman–Crippen MR) is 60.9 cm³/mol. The fourth-order valence-electron chi connectivity index (χ4n) is 1.43. The van der Waals surface area contributed by atoms with Crippen molar-refractivity contribution in [2.75, 3.05) is 0 Å². The summed E-state index contributed by atoms with van der Waals surface area (Å²) < 4.78 is 0.870. The molecule has 0 atom stereocenters. The highest BCUT2D eigenvalue weighted by atomic mass is 79.9. The van der Waals surface area contributed by atoms with E-state index in [4.69, 9.17) is 5.11 Å². The summed E-state index contributed by atoms with van der Waals surface area (Å²) in [6.07, 6.45) is 1.62. The molecule has 0 aliphatic carbocycles. The number of aromatic carboxylic acids is 1. The third kappa shape index (κ3) is 1.80. The van der Waals surface area contributed by atoms with Crippen molar-refractivity contribution in [3.8, 4) is 11.3 Å². The molecule has 76 valence electrons. The second-order valence-electron chi connectivity index (χ2n) is 3.05. The standard InChI is InChI=1S/C11H8BrNO2/c12-9-4-2-1-3-7(9)10-8(11(14)15)5-6-13-10/h1-6,13H,(H,14,15). The van der Waals surface area contributed by atoms with Crippen LogP contribution in [0.5, 0.6) is 0 Å². The summed E-state index contributed by atoms with van der Waals surface area (Å²) in [5.41, 5.74) is 1.75. The number of H-pyrrole nitrogens is 1. The zero-order valence-electron chi connectivity index (χ0n) is 7.70. The van der Waals surface area contributed by atoms with E-state index >= 15 is 0 Å². The van der Waals surface area contributed by atoms with E-state index in [9.17, 15) is 4.79 Å². The zero-order valence-corrected chi connectivity index (χ0v) is 9.28. The number of halogens is 1. The minimum Gasteiger partial charge on any atom is -0.478 e. The zero-order chi connectivity index (χ0) is 10.8. The van der Waals surface area contributed by atoms with E-state index < -0.39 is 5.97 Å². The van der Waals surface area contributed by atoms with E-state index in [2.05, 4.69) is 20.9 Å². The Morgan fingerprint density at radius 2 is 2.00 bits per heavy atom. The number of aromatic nitrogens is 1. The summed E-state index contributed by atoms with van der Waals surface area (Å²) in [6.45, 7) is 0. The molecule has 0 saturated carbocycles. The van der Waals surface area contributed by atoms with Gasteiger partial charge in [-0.15, -0.1) is 0 Å². The minimum atomic E-state index is -0.929. The summed E-state index contributed by atoms with van der Waals surface area (Å²) in [5, 5.41) is 8.97. The average Bonchev–Trinajstić information content (AvgIpc) is 2.67. The van der Waals surface area contributed by atoms with E-state index in [-0.39, 0.29) is 5.56 Å². The topological polar surface area (TPSA) is 53.1 Å². The fourth-order valence-corrected chi connectivity index (χ4v) is 1.92. The third-order valence-electron chi connectivity index (χ3n) is 2.12. The molecule has 0 fully saturated rings. The minimum absolute atomic E-state index is 0.280. The van der Waals surface area contributed by atoms with Crippen LogP contribution in [0, 0.1) is 0 Å². The molecule has 0 spiro atoms. The Bertz CT molecular complexity index is 505. The molecule has 0 aliphatic heterocycles. The number of carbonyl (C=O) groups is 1.